The minimum absolute atomic E-state index is 0.0740. The van der Waals surface area contributed by atoms with Crippen LogP contribution in [0.15, 0.2) is 12.2 Å². The number of likely N-dealkylation sites (N-methyl/N-ethyl adjacent to an activating group) is 1. The van der Waals surface area contributed by atoms with Crippen molar-refractivity contribution in [3.63, 3.8) is 0 Å². The summed E-state index contributed by atoms with van der Waals surface area (Å²) in [5.74, 6) is 0.0740. The fourth-order valence-corrected chi connectivity index (χ4v) is 0.744. The summed E-state index contributed by atoms with van der Waals surface area (Å²) >= 11 is 0. The molecule has 1 amide bonds. The third kappa shape index (κ3) is 7.76. The lowest BCUT2D eigenvalue weighted by Crippen LogP contribution is -2.34. The second-order valence-corrected chi connectivity index (χ2v) is 3.47. The van der Waals surface area contributed by atoms with Crippen LogP contribution >= 0.6 is 0 Å². The number of rotatable bonds is 7. The van der Waals surface area contributed by atoms with E-state index in [1.807, 2.05) is 6.92 Å². The number of carbonyl (C=O) groups excluding carboxylic acids is 1. The highest BCUT2D eigenvalue weighted by molar-refractivity contribution is 5.77. The van der Waals surface area contributed by atoms with E-state index in [4.69, 9.17) is 4.74 Å². The van der Waals surface area contributed by atoms with E-state index in [0.717, 1.165) is 5.57 Å². The van der Waals surface area contributed by atoms with Gasteiger partial charge in [-0.3, -0.25) is 4.79 Å². The summed E-state index contributed by atoms with van der Waals surface area (Å²) in [6.07, 6.45) is 0. The Morgan fingerprint density at radius 1 is 1.50 bits per heavy atom. The third-order valence-electron chi connectivity index (χ3n) is 1.55. The summed E-state index contributed by atoms with van der Waals surface area (Å²) < 4.78 is 5.25. The van der Waals surface area contributed by atoms with Crippen molar-refractivity contribution in [2.24, 2.45) is 0 Å². The van der Waals surface area contributed by atoms with Crippen LogP contribution in [0.2, 0.25) is 0 Å². The van der Waals surface area contributed by atoms with Crippen molar-refractivity contribution in [3.8, 4) is 0 Å². The van der Waals surface area contributed by atoms with Gasteiger partial charge in [0.2, 0.25) is 5.91 Å². The van der Waals surface area contributed by atoms with Crippen molar-refractivity contribution in [3.05, 3.63) is 12.2 Å². The second-order valence-electron chi connectivity index (χ2n) is 3.47. The molecule has 0 rings (SSSR count). The van der Waals surface area contributed by atoms with Gasteiger partial charge in [0, 0.05) is 20.6 Å². The molecule has 0 atom stereocenters. The Morgan fingerprint density at radius 3 is 2.64 bits per heavy atom. The number of ether oxygens (including phenoxy) is 1. The fraction of sp³-hybridized carbons (Fsp3) is 0.700. The molecule has 14 heavy (non-hydrogen) atoms. The van der Waals surface area contributed by atoms with Crippen LogP contribution in [0.4, 0.5) is 0 Å². The van der Waals surface area contributed by atoms with E-state index in [0.29, 0.717) is 26.3 Å². The van der Waals surface area contributed by atoms with Crippen molar-refractivity contribution in [1.82, 2.24) is 10.2 Å². The van der Waals surface area contributed by atoms with E-state index in [9.17, 15) is 4.79 Å². The van der Waals surface area contributed by atoms with Crippen LogP contribution in [0.3, 0.4) is 0 Å². The van der Waals surface area contributed by atoms with Gasteiger partial charge in [-0.05, 0) is 6.92 Å². The number of nitrogens with zero attached hydrogens (tertiary/aromatic N) is 1. The van der Waals surface area contributed by atoms with E-state index in [1.54, 1.807) is 19.0 Å². The highest BCUT2D eigenvalue weighted by Crippen LogP contribution is 1.86. The predicted molar refractivity (Wildman–Crippen MR) is 57.2 cm³/mol. The zero-order chi connectivity index (χ0) is 11.0. The van der Waals surface area contributed by atoms with Gasteiger partial charge in [-0.2, -0.15) is 0 Å². The average Bonchev–Trinajstić information content (AvgIpc) is 2.09. The largest absolute Gasteiger partial charge is 0.376 e. The topological polar surface area (TPSA) is 41.6 Å². The standard InChI is InChI=1S/C10H20N2O2/c1-9(2)8-14-6-5-11-7-10(13)12(3)4/h11H,1,5-8H2,2-4H3. The summed E-state index contributed by atoms with van der Waals surface area (Å²) in [6.45, 7) is 7.88. The molecule has 0 spiro atoms. The highest BCUT2D eigenvalue weighted by Gasteiger charge is 2.01. The van der Waals surface area contributed by atoms with Crippen LogP contribution < -0.4 is 5.32 Å². The van der Waals surface area contributed by atoms with Crippen LogP contribution in [-0.2, 0) is 9.53 Å². The molecule has 0 aliphatic carbocycles. The quantitative estimate of drug-likeness (QED) is 0.473. The zero-order valence-electron chi connectivity index (χ0n) is 9.30. The Labute approximate surface area is 85.9 Å². The highest BCUT2D eigenvalue weighted by atomic mass is 16.5. The molecule has 0 aliphatic heterocycles. The van der Waals surface area contributed by atoms with E-state index in [-0.39, 0.29) is 5.91 Å². The number of nitrogens with one attached hydrogen (secondary N) is 1. The lowest BCUT2D eigenvalue weighted by molar-refractivity contribution is -0.127. The number of hydrogen-bond acceptors (Lipinski definition) is 3. The molecule has 0 aromatic rings. The van der Waals surface area contributed by atoms with E-state index in [1.165, 1.54) is 0 Å². The first-order valence-electron chi connectivity index (χ1n) is 4.67. The molecule has 0 aliphatic rings. The number of carbonyl (C=O) groups is 1. The van der Waals surface area contributed by atoms with Crippen LogP contribution in [0, 0.1) is 0 Å². The molecular formula is C10H20N2O2. The summed E-state index contributed by atoms with van der Waals surface area (Å²) in [5, 5.41) is 2.99. The maximum atomic E-state index is 11.1. The Balaban J connectivity index is 3.22. The second kappa shape index (κ2) is 7.53. The molecule has 0 radical (unpaired) electrons. The van der Waals surface area contributed by atoms with Crippen molar-refractivity contribution < 1.29 is 9.53 Å². The molecule has 0 fully saturated rings. The first kappa shape index (κ1) is 13.1. The average molecular weight is 200 g/mol. The van der Waals surface area contributed by atoms with Crippen LogP contribution in [0.5, 0.6) is 0 Å². The first-order valence-corrected chi connectivity index (χ1v) is 4.67. The van der Waals surface area contributed by atoms with Gasteiger partial charge < -0.3 is 15.0 Å². The molecule has 0 bridgehead atoms. The predicted octanol–water partition coefficient (Wildman–Crippen LogP) is 0.257. The van der Waals surface area contributed by atoms with Crippen LogP contribution in [0.25, 0.3) is 0 Å². The molecule has 0 aromatic carbocycles. The van der Waals surface area contributed by atoms with Crippen molar-refractivity contribution in [1.29, 1.82) is 0 Å². The van der Waals surface area contributed by atoms with E-state index in [2.05, 4.69) is 11.9 Å². The van der Waals surface area contributed by atoms with E-state index < -0.39 is 0 Å². The zero-order valence-corrected chi connectivity index (χ0v) is 9.30. The molecule has 0 aromatic heterocycles. The normalized spacial score (nSPS) is 9.93. The van der Waals surface area contributed by atoms with Crippen molar-refractivity contribution in [2.75, 3.05) is 40.4 Å². The molecule has 0 heterocycles. The van der Waals surface area contributed by atoms with Gasteiger partial charge in [0.05, 0.1) is 19.8 Å². The summed E-state index contributed by atoms with van der Waals surface area (Å²) in [5.41, 5.74) is 1.01. The minimum Gasteiger partial charge on any atom is -0.376 e. The molecular weight excluding hydrogens is 180 g/mol. The molecule has 4 heteroatoms. The first-order chi connectivity index (χ1) is 6.54. The van der Waals surface area contributed by atoms with Gasteiger partial charge in [0.15, 0.2) is 0 Å². The lowest BCUT2D eigenvalue weighted by Gasteiger charge is -2.10. The number of amides is 1. The smallest absolute Gasteiger partial charge is 0.236 e. The number of hydrogen-bond donors (Lipinski definition) is 1. The minimum atomic E-state index is 0.0740. The Hall–Kier alpha value is -0.870. The van der Waals surface area contributed by atoms with Crippen LogP contribution in [-0.4, -0.2) is 51.2 Å². The Kier molecular flexibility index (Phi) is 7.06. The SMILES string of the molecule is C=C(C)COCCNCC(=O)N(C)C. The Morgan fingerprint density at radius 2 is 2.14 bits per heavy atom. The summed E-state index contributed by atoms with van der Waals surface area (Å²) in [6, 6.07) is 0. The molecule has 1 N–H and O–H groups in total. The third-order valence-corrected chi connectivity index (χ3v) is 1.55. The van der Waals surface area contributed by atoms with Crippen LogP contribution in [0.1, 0.15) is 6.92 Å². The monoisotopic (exact) mass is 200 g/mol. The lowest BCUT2D eigenvalue weighted by atomic mass is 10.4. The maximum Gasteiger partial charge on any atom is 0.236 e. The molecule has 4 nitrogen and oxygen atoms in total. The van der Waals surface area contributed by atoms with E-state index >= 15 is 0 Å². The van der Waals surface area contributed by atoms with Gasteiger partial charge in [-0.15, -0.1) is 0 Å². The van der Waals surface area contributed by atoms with Crippen molar-refractivity contribution >= 4 is 5.91 Å². The fourth-order valence-electron chi connectivity index (χ4n) is 0.744. The van der Waals surface area contributed by atoms with Gasteiger partial charge >= 0.3 is 0 Å². The molecule has 0 saturated carbocycles. The van der Waals surface area contributed by atoms with Gasteiger partial charge in [-0.25, -0.2) is 0 Å². The molecule has 0 saturated heterocycles. The van der Waals surface area contributed by atoms with Gasteiger partial charge in [0.25, 0.3) is 0 Å². The van der Waals surface area contributed by atoms with Gasteiger partial charge in [0.1, 0.15) is 0 Å². The molecule has 82 valence electrons. The summed E-state index contributed by atoms with van der Waals surface area (Å²) in [7, 11) is 3.48. The Bertz CT molecular complexity index is 191. The maximum absolute atomic E-state index is 11.1. The molecule has 0 unspecified atom stereocenters. The van der Waals surface area contributed by atoms with Crippen molar-refractivity contribution in [2.45, 2.75) is 6.92 Å². The summed E-state index contributed by atoms with van der Waals surface area (Å²) in [4.78, 5) is 12.6. The van der Waals surface area contributed by atoms with Gasteiger partial charge in [-0.1, -0.05) is 12.2 Å².